The summed E-state index contributed by atoms with van der Waals surface area (Å²) in [5.41, 5.74) is 4.83. The Bertz CT molecular complexity index is 728. The molecule has 1 aromatic heterocycles. The van der Waals surface area contributed by atoms with Crippen LogP contribution in [0.3, 0.4) is 0 Å². The number of phenols is 1. The molecule has 0 saturated carbocycles. The Kier molecular flexibility index (Phi) is 3.92. The van der Waals surface area contributed by atoms with Crippen LogP contribution in [0, 0.1) is 20.8 Å². The number of phenolic OH excluding ortho intramolecular Hbond substituents is 1. The average Bonchev–Trinajstić information content (AvgIpc) is 2.57. The lowest BCUT2D eigenvalue weighted by atomic mass is 9.87. The summed E-state index contributed by atoms with van der Waals surface area (Å²) in [5, 5.41) is 13.7. The second-order valence-electron chi connectivity index (χ2n) is 6.67. The minimum Gasteiger partial charge on any atom is -0.507 e. The molecule has 0 amide bonds. The maximum atomic E-state index is 10.3. The van der Waals surface area contributed by atoms with Crippen LogP contribution in [0.2, 0.25) is 0 Å². The van der Waals surface area contributed by atoms with Crippen LogP contribution < -0.4 is 10.1 Å². The molecule has 1 aliphatic rings. The Morgan fingerprint density at radius 1 is 1.17 bits per heavy atom. The Morgan fingerprint density at radius 2 is 1.87 bits per heavy atom. The van der Waals surface area contributed by atoms with Gasteiger partial charge in [0.2, 0.25) is 0 Å². The maximum absolute atomic E-state index is 10.3. The normalized spacial score (nSPS) is 19.8. The summed E-state index contributed by atoms with van der Waals surface area (Å²) in [5.74, 6) is 1.35. The van der Waals surface area contributed by atoms with Gasteiger partial charge in [-0.2, -0.15) is 0 Å². The van der Waals surface area contributed by atoms with Gasteiger partial charge in [0, 0.05) is 23.6 Å². The van der Waals surface area contributed by atoms with E-state index in [0.717, 1.165) is 53.1 Å². The van der Waals surface area contributed by atoms with Crippen LogP contribution in [0.25, 0.3) is 0 Å². The largest absolute Gasteiger partial charge is 0.507 e. The summed E-state index contributed by atoms with van der Waals surface area (Å²) in [6.45, 7) is 8.82. The second kappa shape index (κ2) is 5.76. The number of aromatic nitrogens is 1. The summed E-state index contributed by atoms with van der Waals surface area (Å²) in [4.78, 5) is 4.03. The van der Waals surface area contributed by atoms with Gasteiger partial charge in [-0.3, -0.25) is 4.98 Å². The average molecular weight is 312 g/mol. The molecule has 0 radical (unpaired) electrons. The van der Waals surface area contributed by atoms with E-state index in [2.05, 4.69) is 17.2 Å². The third kappa shape index (κ3) is 2.85. The van der Waals surface area contributed by atoms with Crippen molar-refractivity contribution in [2.45, 2.75) is 46.1 Å². The molecule has 0 spiro atoms. The maximum Gasteiger partial charge on any atom is 0.127 e. The van der Waals surface area contributed by atoms with Crippen LogP contribution in [-0.4, -0.2) is 22.2 Å². The lowest BCUT2D eigenvalue weighted by molar-refractivity contribution is 0.0767. The number of pyridine rings is 1. The zero-order valence-electron chi connectivity index (χ0n) is 14.2. The highest BCUT2D eigenvalue weighted by molar-refractivity contribution is 5.58. The predicted molar refractivity (Wildman–Crippen MR) is 92.4 cm³/mol. The van der Waals surface area contributed by atoms with Crippen molar-refractivity contribution in [2.24, 2.45) is 0 Å². The Morgan fingerprint density at radius 3 is 2.57 bits per heavy atom. The fourth-order valence-corrected chi connectivity index (χ4v) is 3.18. The fraction of sp³-hybridized carbons (Fsp3) is 0.421. The van der Waals surface area contributed by atoms with Crippen LogP contribution in [0.4, 0.5) is 5.69 Å². The van der Waals surface area contributed by atoms with E-state index >= 15 is 0 Å². The summed E-state index contributed by atoms with van der Waals surface area (Å²) in [6, 6.07) is 3.91. The van der Waals surface area contributed by atoms with Crippen LogP contribution in [0.5, 0.6) is 11.5 Å². The molecule has 1 aromatic carbocycles. The number of nitrogens with zero attached hydrogens (tertiary/aromatic N) is 1. The lowest BCUT2D eigenvalue weighted by Crippen LogP contribution is -2.43. The number of hydrogen-bond donors (Lipinski definition) is 2. The summed E-state index contributed by atoms with van der Waals surface area (Å²) >= 11 is 0. The third-order valence-corrected chi connectivity index (χ3v) is 4.94. The lowest BCUT2D eigenvalue weighted by Gasteiger charge is -2.38. The number of anilines is 1. The zero-order valence-corrected chi connectivity index (χ0v) is 14.2. The van der Waals surface area contributed by atoms with Gasteiger partial charge in [-0.15, -0.1) is 0 Å². The van der Waals surface area contributed by atoms with Gasteiger partial charge in [0.15, 0.2) is 0 Å². The van der Waals surface area contributed by atoms with Crippen molar-refractivity contribution in [3.8, 4) is 11.5 Å². The van der Waals surface area contributed by atoms with Gasteiger partial charge in [0.1, 0.15) is 17.1 Å². The minimum atomic E-state index is -0.267. The van der Waals surface area contributed by atoms with Gasteiger partial charge in [-0.1, -0.05) is 0 Å². The van der Waals surface area contributed by atoms with E-state index in [1.54, 1.807) is 12.4 Å². The van der Waals surface area contributed by atoms with Crippen LogP contribution in [0.15, 0.2) is 24.5 Å². The number of ether oxygens (including phenoxy) is 1. The molecule has 1 aliphatic heterocycles. The van der Waals surface area contributed by atoms with Gasteiger partial charge < -0.3 is 15.2 Å². The summed E-state index contributed by atoms with van der Waals surface area (Å²) in [6.07, 6.45) is 5.40. The minimum absolute atomic E-state index is 0.267. The second-order valence-corrected chi connectivity index (χ2v) is 6.67. The van der Waals surface area contributed by atoms with Crippen molar-refractivity contribution in [3.05, 3.63) is 46.8 Å². The molecule has 0 aliphatic carbocycles. The fourth-order valence-electron chi connectivity index (χ4n) is 3.18. The van der Waals surface area contributed by atoms with Crippen LogP contribution >= 0.6 is 0 Å². The topological polar surface area (TPSA) is 54.4 Å². The number of hydrogen-bond acceptors (Lipinski definition) is 4. The van der Waals surface area contributed by atoms with Crippen LogP contribution in [0.1, 0.15) is 35.6 Å². The van der Waals surface area contributed by atoms with E-state index < -0.39 is 0 Å². The first-order valence-corrected chi connectivity index (χ1v) is 8.06. The number of benzene rings is 1. The smallest absolute Gasteiger partial charge is 0.127 e. The Balaban J connectivity index is 1.84. The van der Waals surface area contributed by atoms with Crippen molar-refractivity contribution in [1.82, 2.24) is 4.98 Å². The van der Waals surface area contributed by atoms with Crippen molar-refractivity contribution in [3.63, 3.8) is 0 Å². The van der Waals surface area contributed by atoms with Gasteiger partial charge >= 0.3 is 0 Å². The molecule has 0 bridgehead atoms. The van der Waals surface area contributed by atoms with Gasteiger partial charge in [-0.25, -0.2) is 0 Å². The van der Waals surface area contributed by atoms with E-state index in [4.69, 9.17) is 4.74 Å². The molecule has 2 heterocycles. The number of rotatable bonds is 3. The standard InChI is InChI=1S/C19H24N2O2/c1-12-13(2)18-16(14(3)17(12)22)5-8-19(4,23-18)11-21-15-6-9-20-10-7-15/h6-7,9-10,22H,5,8,11H2,1-4H3,(H,20,21). The molecular formula is C19H24N2O2. The van der Waals surface area contributed by atoms with Gasteiger partial charge in [-0.05, 0) is 69.4 Å². The Hall–Kier alpha value is -2.23. The SMILES string of the molecule is Cc1c(C)c2c(c(C)c1O)CCC(C)(CNc1ccncc1)O2. The van der Waals surface area contributed by atoms with E-state index in [9.17, 15) is 5.11 Å². The van der Waals surface area contributed by atoms with Crippen molar-refractivity contribution in [2.75, 3.05) is 11.9 Å². The van der Waals surface area contributed by atoms with Crippen molar-refractivity contribution in [1.29, 1.82) is 0 Å². The highest BCUT2D eigenvalue weighted by Gasteiger charge is 2.34. The molecule has 2 N–H and O–H groups in total. The van der Waals surface area contributed by atoms with Gasteiger partial charge in [0.25, 0.3) is 0 Å². The van der Waals surface area contributed by atoms with E-state index in [0.29, 0.717) is 5.75 Å². The molecular weight excluding hydrogens is 288 g/mol. The monoisotopic (exact) mass is 312 g/mol. The number of aromatic hydroxyl groups is 1. The number of fused-ring (bicyclic) bond motifs is 1. The zero-order chi connectivity index (χ0) is 16.6. The molecule has 23 heavy (non-hydrogen) atoms. The van der Waals surface area contributed by atoms with E-state index in [1.807, 2.05) is 32.9 Å². The van der Waals surface area contributed by atoms with Crippen LogP contribution in [-0.2, 0) is 6.42 Å². The van der Waals surface area contributed by atoms with E-state index in [1.165, 1.54) is 0 Å². The first-order chi connectivity index (χ1) is 10.9. The third-order valence-electron chi connectivity index (χ3n) is 4.94. The quantitative estimate of drug-likeness (QED) is 0.902. The van der Waals surface area contributed by atoms with Crippen molar-refractivity contribution >= 4 is 5.69 Å². The first-order valence-electron chi connectivity index (χ1n) is 8.06. The molecule has 122 valence electrons. The summed E-state index contributed by atoms with van der Waals surface area (Å²) < 4.78 is 6.40. The molecule has 1 atom stereocenters. The molecule has 0 fully saturated rings. The molecule has 4 heteroatoms. The van der Waals surface area contributed by atoms with Crippen molar-refractivity contribution < 1.29 is 9.84 Å². The molecule has 4 nitrogen and oxygen atoms in total. The summed E-state index contributed by atoms with van der Waals surface area (Å²) in [7, 11) is 0. The Labute approximate surface area is 137 Å². The molecule has 1 unspecified atom stereocenters. The van der Waals surface area contributed by atoms with E-state index in [-0.39, 0.29) is 5.60 Å². The molecule has 0 saturated heterocycles. The highest BCUT2D eigenvalue weighted by Crippen LogP contribution is 2.43. The first kappa shape index (κ1) is 15.7. The van der Waals surface area contributed by atoms with Gasteiger partial charge in [0.05, 0.1) is 6.54 Å². The highest BCUT2D eigenvalue weighted by atomic mass is 16.5. The number of nitrogens with one attached hydrogen (secondary N) is 1. The predicted octanol–water partition coefficient (Wildman–Crippen LogP) is 3.91. The molecule has 2 aromatic rings. The molecule has 3 rings (SSSR count).